The van der Waals surface area contributed by atoms with Gasteiger partial charge in [0.25, 0.3) is 0 Å². The molecule has 84 valence electrons. The summed E-state index contributed by atoms with van der Waals surface area (Å²) in [7, 11) is 0. The predicted molar refractivity (Wildman–Crippen MR) is 53.1 cm³/mol. The Morgan fingerprint density at radius 2 is 1.40 bits per heavy atom. The first-order chi connectivity index (χ1) is 7.27. The summed E-state index contributed by atoms with van der Waals surface area (Å²) in [6.07, 6.45) is 3.47. The van der Waals surface area contributed by atoms with Crippen LogP contribution in [0.15, 0.2) is 0 Å². The highest BCUT2D eigenvalue weighted by Gasteiger charge is 2.30. The molecular weight excluding hydrogens is 196 g/mol. The van der Waals surface area contributed by atoms with Gasteiger partial charge < -0.3 is 15.4 Å². The van der Waals surface area contributed by atoms with Crippen LogP contribution in [0.4, 0.5) is 0 Å². The quantitative estimate of drug-likeness (QED) is 0.480. The minimum Gasteiger partial charge on any atom is -0.391 e. The zero-order valence-corrected chi connectivity index (χ0v) is 8.62. The second-order valence-electron chi connectivity index (χ2n) is 4.04. The number of nitrogens with one attached hydrogen (secondary N) is 2. The third kappa shape index (κ3) is 2.54. The Hall–Kier alpha value is -0.940. The first-order valence-corrected chi connectivity index (χ1v) is 5.49. The van der Waals surface area contributed by atoms with E-state index in [-0.39, 0.29) is 12.1 Å². The third-order valence-corrected chi connectivity index (χ3v) is 2.89. The summed E-state index contributed by atoms with van der Waals surface area (Å²) in [5, 5.41) is 6.01. The maximum absolute atomic E-state index is 11.5. The number of hydrogen-bond acceptors (Lipinski definition) is 5. The van der Waals surface area contributed by atoms with Crippen LogP contribution in [0.5, 0.6) is 0 Å². The van der Waals surface area contributed by atoms with E-state index in [1.54, 1.807) is 0 Å². The van der Waals surface area contributed by atoms with E-state index in [9.17, 15) is 9.59 Å². The van der Waals surface area contributed by atoms with Crippen LogP contribution in [-0.2, 0) is 14.3 Å². The average Bonchev–Trinajstić information content (AvgIpc) is 2.91. The van der Waals surface area contributed by atoms with Crippen molar-refractivity contribution in [1.29, 1.82) is 0 Å². The first kappa shape index (κ1) is 10.6. The second-order valence-corrected chi connectivity index (χ2v) is 4.04. The lowest BCUT2D eigenvalue weighted by atomic mass is 10.2. The summed E-state index contributed by atoms with van der Waals surface area (Å²) in [6.45, 7) is 1.66. The molecule has 5 nitrogen and oxygen atoms in total. The number of esters is 2. The highest BCUT2D eigenvalue weighted by Crippen LogP contribution is 2.10. The van der Waals surface area contributed by atoms with Crippen molar-refractivity contribution in [3.8, 4) is 0 Å². The van der Waals surface area contributed by atoms with Gasteiger partial charge in [-0.1, -0.05) is 0 Å². The molecule has 0 amide bonds. The maximum Gasteiger partial charge on any atom is 0.330 e. The highest BCUT2D eigenvalue weighted by atomic mass is 16.6. The summed E-state index contributed by atoms with van der Waals surface area (Å²) in [5.74, 6) is -0.850. The maximum atomic E-state index is 11.5. The number of carbonyl (C=O) groups is 2. The second kappa shape index (κ2) is 4.72. The van der Waals surface area contributed by atoms with Crippen molar-refractivity contribution in [1.82, 2.24) is 10.6 Å². The molecule has 2 N–H and O–H groups in total. The molecule has 2 atom stereocenters. The monoisotopic (exact) mass is 212 g/mol. The van der Waals surface area contributed by atoms with Crippen molar-refractivity contribution in [2.24, 2.45) is 0 Å². The van der Waals surface area contributed by atoms with Gasteiger partial charge in [-0.05, 0) is 38.8 Å². The van der Waals surface area contributed by atoms with Gasteiger partial charge in [-0.3, -0.25) is 0 Å². The van der Waals surface area contributed by atoms with E-state index in [0.29, 0.717) is 0 Å². The lowest BCUT2D eigenvalue weighted by molar-refractivity contribution is -0.162. The van der Waals surface area contributed by atoms with Gasteiger partial charge in [-0.25, -0.2) is 9.59 Å². The van der Waals surface area contributed by atoms with E-state index >= 15 is 0 Å². The fourth-order valence-electron chi connectivity index (χ4n) is 2.01. The predicted octanol–water partition coefficient (Wildman–Crippen LogP) is -0.440. The standard InChI is InChI=1S/C10H16N2O3/c13-9(7-3-1-5-11-7)15-10(14)8-4-2-6-12-8/h7-8,11-12H,1-6H2/t7-,8?/m0/s1. The molecule has 0 saturated carbocycles. The fourth-order valence-corrected chi connectivity index (χ4v) is 2.01. The molecule has 0 aliphatic carbocycles. The van der Waals surface area contributed by atoms with E-state index in [2.05, 4.69) is 10.6 Å². The summed E-state index contributed by atoms with van der Waals surface area (Å²) in [6, 6.07) is -0.564. The smallest absolute Gasteiger partial charge is 0.330 e. The summed E-state index contributed by atoms with van der Waals surface area (Å²) < 4.78 is 4.82. The van der Waals surface area contributed by atoms with Crippen molar-refractivity contribution in [3.05, 3.63) is 0 Å². The molecule has 0 aromatic heterocycles. The molecule has 15 heavy (non-hydrogen) atoms. The van der Waals surface area contributed by atoms with Crippen LogP contribution in [0, 0.1) is 0 Å². The Labute approximate surface area is 88.5 Å². The van der Waals surface area contributed by atoms with Gasteiger partial charge in [0.1, 0.15) is 12.1 Å². The van der Waals surface area contributed by atoms with Crippen molar-refractivity contribution in [3.63, 3.8) is 0 Å². The zero-order valence-electron chi connectivity index (χ0n) is 8.62. The number of ether oxygens (including phenoxy) is 1. The van der Waals surface area contributed by atoms with Crippen LogP contribution in [0.3, 0.4) is 0 Å². The summed E-state index contributed by atoms with van der Waals surface area (Å²) in [5.41, 5.74) is 0. The molecule has 2 fully saturated rings. The molecule has 5 heteroatoms. The van der Waals surface area contributed by atoms with Gasteiger partial charge in [0.15, 0.2) is 0 Å². The van der Waals surface area contributed by atoms with Crippen LogP contribution in [0.2, 0.25) is 0 Å². The average molecular weight is 212 g/mol. The van der Waals surface area contributed by atoms with Crippen molar-refractivity contribution in [2.45, 2.75) is 37.8 Å². The molecule has 2 saturated heterocycles. The molecule has 2 aliphatic heterocycles. The lowest BCUT2D eigenvalue weighted by Crippen LogP contribution is -2.39. The Kier molecular flexibility index (Phi) is 3.33. The largest absolute Gasteiger partial charge is 0.391 e. The van der Waals surface area contributed by atoms with Gasteiger partial charge in [-0.15, -0.1) is 0 Å². The molecule has 0 radical (unpaired) electrons. The van der Waals surface area contributed by atoms with Crippen LogP contribution in [0.25, 0.3) is 0 Å². The first-order valence-electron chi connectivity index (χ1n) is 5.49. The molecule has 2 rings (SSSR count). The SMILES string of the molecule is O=C(OC(=O)[C@@H]1CCCN1)C1CCCN1. The van der Waals surface area contributed by atoms with Gasteiger partial charge in [0, 0.05) is 0 Å². The van der Waals surface area contributed by atoms with Crippen molar-refractivity contribution in [2.75, 3.05) is 13.1 Å². The molecular formula is C10H16N2O3. The van der Waals surface area contributed by atoms with Crippen molar-refractivity contribution >= 4 is 11.9 Å². The topological polar surface area (TPSA) is 67.4 Å². The van der Waals surface area contributed by atoms with Gasteiger partial charge in [0.05, 0.1) is 0 Å². The zero-order chi connectivity index (χ0) is 10.7. The molecule has 0 bridgehead atoms. The van der Waals surface area contributed by atoms with Gasteiger partial charge in [0.2, 0.25) is 0 Å². The molecule has 1 unspecified atom stereocenters. The minimum atomic E-state index is -0.425. The van der Waals surface area contributed by atoms with E-state index in [1.165, 1.54) is 0 Å². The van der Waals surface area contributed by atoms with E-state index in [4.69, 9.17) is 4.74 Å². The normalized spacial score (nSPS) is 30.4. The van der Waals surface area contributed by atoms with Gasteiger partial charge in [-0.2, -0.15) is 0 Å². The van der Waals surface area contributed by atoms with Crippen LogP contribution in [-0.4, -0.2) is 37.1 Å². The molecule has 0 aromatic carbocycles. The van der Waals surface area contributed by atoms with E-state index < -0.39 is 11.9 Å². The number of rotatable bonds is 2. The van der Waals surface area contributed by atoms with Crippen LogP contribution in [0.1, 0.15) is 25.7 Å². The van der Waals surface area contributed by atoms with Crippen LogP contribution < -0.4 is 10.6 Å². The van der Waals surface area contributed by atoms with Gasteiger partial charge >= 0.3 is 11.9 Å². The Balaban J connectivity index is 1.79. The van der Waals surface area contributed by atoms with Crippen LogP contribution >= 0.6 is 0 Å². The number of carbonyl (C=O) groups excluding carboxylic acids is 2. The fraction of sp³-hybridized carbons (Fsp3) is 0.800. The minimum absolute atomic E-state index is 0.282. The highest BCUT2D eigenvalue weighted by molar-refractivity contribution is 5.91. The van der Waals surface area contributed by atoms with Crippen molar-refractivity contribution < 1.29 is 14.3 Å². The summed E-state index contributed by atoms with van der Waals surface area (Å²) >= 11 is 0. The Morgan fingerprint density at radius 1 is 0.933 bits per heavy atom. The van der Waals surface area contributed by atoms with E-state index in [1.807, 2.05) is 0 Å². The lowest BCUT2D eigenvalue weighted by Gasteiger charge is -2.12. The molecule has 2 aliphatic rings. The third-order valence-electron chi connectivity index (χ3n) is 2.89. The summed E-state index contributed by atoms with van der Waals surface area (Å²) in [4.78, 5) is 23.0. The molecule has 0 aromatic rings. The molecule has 2 heterocycles. The number of hydrogen-bond donors (Lipinski definition) is 2. The van der Waals surface area contributed by atoms with E-state index in [0.717, 1.165) is 38.8 Å². The Bertz CT molecular complexity index is 229. The molecule has 0 spiro atoms. The Morgan fingerprint density at radius 3 is 1.73 bits per heavy atom.